The van der Waals surface area contributed by atoms with E-state index in [0.29, 0.717) is 23.5 Å². The monoisotopic (exact) mass is 532 g/mol. The zero-order valence-electron chi connectivity index (χ0n) is 23.1. The molecule has 1 unspecified atom stereocenters. The standard InChI is InChI=1S/C27H40N4O5S/c1-19(2)16-28-27(33)22(5)30(17-23-11-13-24(36-8)14-12-23)26(32)18-31(37(34,35)29(6)7)25-15-20(3)9-10-21(25)4/h9-15,19,22H,16-18H2,1-8H3,(H,28,33). The van der Waals surface area contributed by atoms with Crippen LogP contribution in [0.15, 0.2) is 42.5 Å². The molecule has 9 nitrogen and oxygen atoms in total. The lowest BCUT2D eigenvalue weighted by Crippen LogP contribution is -2.52. The molecule has 0 bridgehead atoms. The largest absolute Gasteiger partial charge is 0.497 e. The zero-order chi connectivity index (χ0) is 27.9. The predicted octanol–water partition coefficient (Wildman–Crippen LogP) is 3.11. The van der Waals surface area contributed by atoms with Crippen molar-refractivity contribution in [3.8, 4) is 5.75 Å². The van der Waals surface area contributed by atoms with Crippen molar-refractivity contribution in [3.63, 3.8) is 0 Å². The Labute approximate surface area is 221 Å². The van der Waals surface area contributed by atoms with Crippen LogP contribution < -0.4 is 14.4 Å². The predicted molar refractivity (Wildman–Crippen MR) is 147 cm³/mol. The quantitative estimate of drug-likeness (QED) is 0.453. The Morgan fingerprint density at radius 3 is 2.16 bits per heavy atom. The van der Waals surface area contributed by atoms with Gasteiger partial charge >= 0.3 is 10.2 Å². The van der Waals surface area contributed by atoms with Gasteiger partial charge in [-0.3, -0.25) is 9.59 Å². The first-order chi connectivity index (χ1) is 17.3. The van der Waals surface area contributed by atoms with Crippen LogP contribution in [-0.4, -0.2) is 69.8 Å². The van der Waals surface area contributed by atoms with Gasteiger partial charge in [0.05, 0.1) is 12.8 Å². The maximum atomic E-state index is 13.8. The number of aryl methyl sites for hydroxylation is 2. The van der Waals surface area contributed by atoms with Crippen molar-refractivity contribution in [2.24, 2.45) is 5.92 Å². The molecule has 1 atom stereocenters. The Balaban J connectivity index is 2.48. The van der Waals surface area contributed by atoms with Gasteiger partial charge in [0.2, 0.25) is 11.8 Å². The van der Waals surface area contributed by atoms with Gasteiger partial charge in [-0.1, -0.05) is 38.1 Å². The Hall–Kier alpha value is -3.11. The molecule has 0 fully saturated rings. The van der Waals surface area contributed by atoms with Crippen molar-refractivity contribution < 1.29 is 22.7 Å². The second kappa shape index (κ2) is 12.9. The minimum atomic E-state index is -4.01. The van der Waals surface area contributed by atoms with E-state index >= 15 is 0 Å². The molecule has 0 aliphatic carbocycles. The summed E-state index contributed by atoms with van der Waals surface area (Å²) in [6.07, 6.45) is 0. The molecule has 204 valence electrons. The Morgan fingerprint density at radius 2 is 1.62 bits per heavy atom. The summed E-state index contributed by atoms with van der Waals surface area (Å²) in [4.78, 5) is 28.2. The normalized spacial score (nSPS) is 12.4. The highest BCUT2D eigenvalue weighted by Crippen LogP contribution is 2.26. The van der Waals surface area contributed by atoms with Gasteiger partial charge in [-0.15, -0.1) is 0 Å². The van der Waals surface area contributed by atoms with Crippen molar-refractivity contribution in [1.29, 1.82) is 0 Å². The molecular weight excluding hydrogens is 492 g/mol. The lowest BCUT2D eigenvalue weighted by atomic mass is 10.1. The maximum absolute atomic E-state index is 13.8. The number of ether oxygens (including phenoxy) is 1. The van der Waals surface area contributed by atoms with E-state index in [4.69, 9.17) is 4.74 Å². The summed E-state index contributed by atoms with van der Waals surface area (Å²) in [6.45, 7) is 9.43. The van der Waals surface area contributed by atoms with E-state index in [2.05, 4.69) is 5.32 Å². The Morgan fingerprint density at radius 1 is 1.00 bits per heavy atom. The molecule has 0 radical (unpaired) electrons. The summed E-state index contributed by atoms with van der Waals surface area (Å²) in [7, 11) is 0.413. The van der Waals surface area contributed by atoms with E-state index < -0.39 is 28.7 Å². The highest BCUT2D eigenvalue weighted by atomic mass is 32.2. The number of nitrogens with zero attached hydrogens (tertiary/aromatic N) is 3. The first-order valence-corrected chi connectivity index (χ1v) is 13.6. The minimum Gasteiger partial charge on any atom is -0.497 e. The van der Waals surface area contributed by atoms with Crippen LogP contribution in [0.25, 0.3) is 0 Å². The van der Waals surface area contributed by atoms with Gasteiger partial charge in [0.15, 0.2) is 0 Å². The molecular formula is C27H40N4O5S. The van der Waals surface area contributed by atoms with Crippen LogP contribution in [-0.2, 0) is 26.3 Å². The summed E-state index contributed by atoms with van der Waals surface area (Å²) < 4.78 is 34.1. The SMILES string of the molecule is COc1ccc(CN(C(=O)CN(c2cc(C)ccc2C)S(=O)(=O)N(C)C)C(C)C(=O)NCC(C)C)cc1. The second-order valence-corrected chi connectivity index (χ2v) is 11.8. The third-order valence-corrected chi connectivity index (χ3v) is 7.82. The van der Waals surface area contributed by atoms with Crippen LogP contribution in [0.2, 0.25) is 0 Å². The van der Waals surface area contributed by atoms with Gasteiger partial charge in [0.25, 0.3) is 0 Å². The molecule has 0 aromatic heterocycles. The third kappa shape index (κ3) is 7.93. The van der Waals surface area contributed by atoms with Crippen molar-refractivity contribution in [2.45, 2.75) is 47.2 Å². The number of hydrogen-bond donors (Lipinski definition) is 1. The summed E-state index contributed by atoms with van der Waals surface area (Å²) in [5, 5.41) is 2.88. The molecule has 10 heteroatoms. The van der Waals surface area contributed by atoms with Crippen LogP contribution >= 0.6 is 0 Å². The first kappa shape index (κ1) is 30.1. The fourth-order valence-electron chi connectivity index (χ4n) is 3.65. The Kier molecular flexibility index (Phi) is 10.5. The number of methoxy groups -OCH3 is 1. The highest BCUT2D eigenvalue weighted by Gasteiger charge is 2.33. The van der Waals surface area contributed by atoms with E-state index in [9.17, 15) is 18.0 Å². The number of hydrogen-bond acceptors (Lipinski definition) is 5. The maximum Gasteiger partial charge on any atom is 0.304 e. The van der Waals surface area contributed by atoms with Crippen molar-refractivity contribution in [3.05, 3.63) is 59.2 Å². The van der Waals surface area contributed by atoms with Crippen LogP contribution in [0.5, 0.6) is 5.75 Å². The van der Waals surface area contributed by atoms with Crippen LogP contribution in [0.3, 0.4) is 0 Å². The number of rotatable bonds is 12. The summed E-state index contributed by atoms with van der Waals surface area (Å²) in [6, 6.07) is 11.8. The summed E-state index contributed by atoms with van der Waals surface area (Å²) in [5.41, 5.74) is 2.78. The molecule has 2 amide bonds. The van der Waals surface area contributed by atoms with Crippen LogP contribution in [0.1, 0.15) is 37.5 Å². The van der Waals surface area contributed by atoms with Gasteiger partial charge in [-0.2, -0.15) is 12.7 Å². The van der Waals surface area contributed by atoms with E-state index in [1.165, 1.54) is 19.0 Å². The number of anilines is 1. The molecule has 0 saturated heterocycles. The zero-order valence-corrected chi connectivity index (χ0v) is 23.9. The smallest absolute Gasteiger partial charge is 0.304 e. The van der Waals surface area contributed by atoms with Gasteiger partial charge in [0, 0.05) is 27.2 Å². The number of benzene rings is 2. The van der Waals surface area contributed by atoms with Crippen molar-refractivity contribution >= 4 is 27.7 Å². The molecule has 0 aliphatic rings. The third-order valence-electron chi connectivity index (χ3n) is 6.02. The molecule has 0 heterocycles. The van der Waals surface area contributed by atoms with E-state index in [0.717, 1.165) is 19.7 Å². The second-order valence-electron chi connectivity index (χ2n) is 9.77. The fourth-order valence-corrected chi connectivity index (χ4v) is 4.77. The lowest BCUT2D eigenvalue weighted by Gasteiger charge is -2.33. The minimum absolute atomic E-state index is 0.127. The molecule has 0 saturated carbocycles. The first-order valence-electron chi connectivity index (χ1n) is 12.3. The topological polar surface area (TPSA) is 99.3 Å². The van der Waals surface area contributed by atoms with E-state index in [-0.39, 0.29) is 18.4 Å². The molecule has 1 N–H and O–H groups in total. The van der Waals surface area contributed by atoms with E-state index in [1.54, 1.807) is 39.2 Å². The van der Waals surface area contributed by atoms with Gasteiger partial charge < -0.3 is 15.0 Å². The fraction of sp³-hybridized carbons (Fsp3) is 0.481. The Bertz CT molecular complexity index is 1180. The number of carbonyl (C=O) groups excluding carboxylic acids is 2. The molecule has 0 spiro atoms. The highest BCUT2D eigenvalue weighted by molar-refractivity contribution is 7.90. The number of nitrogens with one attached hydrogen (secondary N) is 1. The molecule has 2 rings (SSSR count). The van der Waals surface area contributed by atoms with Crippen molar-refractivity contribution in [2.75, 3.05) is 38.6 Å². The van der Waals surface area contributed by atoms with Crippen LogP contribution in [0.4, 0.5) is 5.69 Å². The molecule has 2 aromatic carbocycles. The van der Waals surface area contributed by atoms with Gasteiger partial charge in [0.1, 0.15) is 18.3 Å². The van der Waals surface area contributed by atoms with Gasteiger partial charge in [-0.05, 0) is 61.6 Å². The summed E-state index contributed by atoms with van der Waals surface area (Å²) in [5.74, 6) is 0.119. The van der Waals surface area contributed by atoms with E-state index in [1.807, 2.05) is 45.0 Å². The number of amides is 2. The molecule has 0 aliphatic heterocycles. The van der Waals surface area contributed by atoms with Crippen molar-refractivity contribution in [1.82, 2.24) is 14.5 Å². The number of carbonyl (C=O) groups is 2. The van der Waals surface area contributed by atoms with Gasteiger partial charge in [-0.25, -0.2) is 4.31 Å². The average Bonchev–Trinajstić information content (AvgIpc) is 2.85. The average molecular weight is 533 g/mol. The van der Waals surface area contributed by atoms with Crippen LogP contribution in [0, 0.1) is 19.8 Å². The lowest BCUT2D eigenvalue weighted by molar-refractivity contribution is -0.139. The summed E-state index contributed by atoms with van der Waals surface area (Å²) >= 11 is 0. The molecule has 37 heavy (non-hydrogen) atoms. The molecule has 2 aromatic rings.